The smallest absolute Gasteiger partial charge is 0.249 e. The lowest BCUT2D eigenvalue weighted by molar-refractivity contribution is -0.127. The Morgan fingerprint density at radius 2 is 1.95 bits per heavy atom. The summed E-state index contributed by atoms with van der Waals surface area (Å²) in [6, 6.07) is 10.3. The summed E-state index contributed by atoms with van der Waals surface area (Å²) in [5, 5.41) is 8.54. The number of hydroxylamine groups is 1. The Balaban J connectivity index is 1.80. The van der Waals surface area contributed by atoms with E-state index in [1.165, 1.54) is 5.56 Å². The van der Waals surface area contributed by atoms with Gasteiger partial charge in [-0.2, -0.15) is 0 Å². The standard InChI is InChI=1S/C17H24N2O2/c20-17-16(9-4-5-12-18-21)10-6-13-19(17)14-11-15-7-2-1-3-8-15/h1-3,7-8,10,18,21H,4-6,9,11-14H2. The molecule has 2 N–H and O–H groups in total. The van der Waals surface area contributed by atoms with Crippen LogP contribution in [0.15, 0.2) is 42.0 Å². The molecule has 2 rings (SSSR count). The van der Waals surface area contributed by atoms with E-state index in [1.54, 1.807) is 0 Å². The Morgan fingerprint density at radius 1 is 1.14 bits per heavy atom. The van der Waals surface area contributed by atoms with Gasteiger partial charge >= 0.3 is 0 Å². The second-order valence-corrected chi connectivity index (χ2v) is 5.41. The highest BCUT2D eigenvalue weighted by Gasteiger charge is 2.20. The number of nitrogens with zero attached hydrogens (tertiary/aromatic N) is 1. The molecule has 1 heterocycles. The van der Waals surface area contributed by atoms with Crippen LogP contribution in [0, 0.1) is 0 Å². The summed E-state index contributed by atoms with van der Waals surface area (Å²) < 4.78 is 0. The number of hydrogen-bond donors (Lipinski definition) is 2. The summed E-state index contributed by atoms with van der Waals surface area (Å²) in [5.74, 6) is 0.189. The third kappa shape index (κ3) is 4.99. The normalized spacial score (nSPS) is 15.2. The van der Waals surface area contributed by atoms with Crippen LogP contribution in [0.5, 0.6) is 0 Å². The first kappa shape index (κ1) is 15.7. The van der Waals surface area contributed by atoms with E-state index in [0.29, 0.717) is 6.54 Å². The van der Waals surface area contributed by atoms with Gasteiger partial charge in [0.15, 0.2) is 0 Å². The number of benzene rings is 1. The van der Waals surface area contributed by atoms with Crippen LogP contribution in [0.25, 0.3) is 0 Å². The third-order valence-electron chi connectivity index (χ3n) is 3.85. The highest BCUT2D eigenvalue weighted by molar-refractivity contribution is 5.94. The van der Waals surface area contributed by atoms with Gasteiger partial charge in [-0.15, -0.1) is 0 Å². The van der Waals surface area contributed by atoms with Crippen molar-refractivity contribution in [2.75, 3.05) is 19.6 Å². The molecule has 4 heteroatoms. The van der Waals surface area contributed by atoms with Crippen molar-refractivity contribution in [1.82, 2.24) is 10.4 Å². The van der Waals surface area contributed by atoms with E-state index in [0.717, 1.165) is 50.8 Å². The maximum atomic E-state index is 12.4. The van der Waals surface area contributed by atoms with E-state index >= 15 is 0 Å². The molecular weight excluding hydrogens is 264 g/mol. The number of amides is 1. The number of unbranched alkanes of at least 4 members (excludes halogenated alkanes) is 1. The summed E-state index contributed by atoms with van der Waals surface area (Å²) in [7, 11) is 0. The van der Waals surface area contributed by atoms with E-state index in [9.17, 15) is 4.79 Å². The van der Waals surface area contributed by atoms with Crippen LogP contribution in [0.4, 0.5) is 0 Å². The number of carbonyl (C=O) groups is 1. The van der Waals surface area contributed by atoms with Gasteiger partial charge in [0.1, 0.15) is 0 Å². The van der Waals surface area contributed by atoms with Crippen LogP contribution < -0.4 is 5.48 Å². The summed E-state index contributed by atoms with van der Waals surface area (Å²) in [5.41, 5.74) is 4.36. The minimum Gasteiger partial charge on any atom is -0.338 e. The fourth-order valence-corrected chi connectivity index (χ4v) is 2.64. The third-order valence-corrected chi connectivity index (χ3v) is 3.85. The predicted molar refractivity (Wildman–Crippen MR) is 83.1 cm³/mol. The topological polar surface area (TPSA) is 52.6 Å². The molecule has 1 aromatic rings. The van der Waals surface area contributed by atoms with Gasteiger partial charge in [-0.25, -0.2) is 5.48 Å². The first-order valence-corrected chi connectivity index (χ1v) is 7.70. The molecule has 114 valence electrons. The maximum absolute atomic E-state index is 12.4. The lowest BCUT2D eigenvalue weighted by Crippen LogP contribution is -2.37. The fraction of sp³-hybridized carbons (Fsp3) is 0.471. The molecule has 0 saturated heterocycles. The fourth-order valence-electron chi connectivity index (χ4n) is 2.64. The Bertz CT molecular complexity index is 471. The molecule has 4 nitrogen and oxygen atoms in total. The van der Waals surface area contributed by atoms with E-state index in [2.05, 4.69) is 23.7 Å². The molecule has 0 radical (unpaired) electrons. The molecule has 0 aromatic heterocycles. The summed E-state index contributed by atoms with van der Waals surface area (Å²) in [4.78, 5) is 14.4. The Kier molecular flexibility index (Phi) is 6.44. The molecule has 0 unspecified atom stereocenters. The highest BCUT2D eigenvalue weighted by Crippen LogP contribution is 2.17. The van der Waals surface area contributed by atoms with Gasteiger partial charge in [0, 0.05) is 25.2 Å². The van der Waals surface area contributed by atoms with Crippen molar-refractivity contribution < 1.29 is 10.0 Å². The van der Waals surface area contributed by atoms with Gasteiger partial charge < -0.3 is 10.1 Å². The molecule has 1 aliphatic heterocycles. The molecule has 0 spiro atoms. The Morgan fingerprint density at radius 3 is 2.71 bits per heavy atom. The van der Waals surface area contributed by atoms with Gasteiger partial charge in [0.25, 0.3) is 0 Å². The van der Waals surface area contributed by atoms with Gasteiger partial charge in [0.2, 0.25) is 5.91 Å². The zero-order chi connectivity index (χ0) is 14.9. The van der Waals surface area contributed by atoms with E-state index in [-0.39, 0.29) is 5.91 Å². The van der Waals surface area contributed by atoms with Crippen molar-refractivity contribution in [2.45, 2.75) is 32.1 Å². The Labute approximate surface area is 126 Å². The highest BCUT2D eigenvalue weighted by atomic mass is 16.5. The summed E-state index contributed by atoms with van der Waals surface area (Å²) >= 11 is 0. The molecular formula is C17H24N2O2. The molecule has 0 aliphatic carbocycles. The van der Waals surface area contributed by atoms with Crippen LogP contribution in [-0.4, -0.2) is 35.6 Å². The van der Waals surface area contributed by atoms with Crippen molar-refractivity contribution in [3.63, 3.8) is 0 Å². The van der Waals surface area contributed by atoms with Crippen LogP contribution in [-0.2, 0) is 11.2 Å². The van der Waals surface area contributed by atoms with Gasteiger partial charge in [0.05, 0.1) is 0 Å². The van der Waals surface area contributed by atoms with Crippen molar-refractivity contribution in [3.8, 4) is 0 Å². The van der Waals surface area contributed by atoms with E-state index in [4.69, 9.17) is 5.21 Å². The molecule has 1 aromatic carbocycles. The summed E-state index contributed by atoms with van der Waals surface area (Å²) in [6.45, 7) is 2.20. The number of rotatable bonds is 8. The van der Waals surface area contributed by atoms with Crippen molar-refractivity contribution in [1.29, 1.82) is 0 Å². The SMILES string of the molecule is O=C1C(CCCCNO)=CCCN1CCc1ccccc1. The number of carbonyl (C=O) groups excluding carboxylic acids is 1. The molecule has 0 bridgehead atoms. The van der Waals surface area contributed by atoms with Crippen LogP contribution >= 0.6 is 0 Å². The van der Waals surface area contributed by atoms with E-state index in [1.807, 2.05) is 23.1 Å². The van der Waals surface area contributed by atoms with Gasteiger partial charge in [-0.3, -0.25) is 4.79 Å². The largest absolute Gasteiger partial charge is 0.338 e. The average Bonchev–Trinajstić information content (AvgIpc) is 2.53. The van der Waals surface area contributed by atoms with Gasteiger partial charge in [-0.05, 0) is 37.7 Å². The lowest BCUT2D eigenvalue weighted by Gasteiger charge is -2.27. The second-order valence-electron chi connectivity index (χ2n) is 5.41. The van der Waals surface area contributed by atoms with Crippen molar-refractivity contribution in [2.24, 2.45) is 0 Å². The van der Waals surface area contributed by atoms with Crippen LogP contribution in [0.3, 0.4) is 0 Å². The zero-order valence-corrected chi connectivity index (χ0v) is 12.4. The van der Waals surface area contributed by atoms with Crippen LogP contribution in [0.2, 0.25) is 0 Å². The molecule has 0 saturated carbocycles. The first-order chi connectivity index (χ1) is 10.3. The van der Waals surface area contributed by atoms with Crippen molar-refractivity contribution >= 4 is 5.91 Å². The van der Waals surface area contributed by atoms with Crippen molar-refractivity contribution in [3.05, 3.63) is 47.5 Å². The monoisotopic (exact) mass is 288 g/mol. The maximum Gasteiger partial charge on any atom is 0.249 e. The Hall–Kier alpha value is -1.65. The van der Waals surface area contributed by atoms with Crippen LogP contribution in [0.1, 0.15) is 31.2 Å². The first-order valence-electron chi connectivity index (χ1n) is 7.70. The zero-order valence-electron chi connectivity index (χ0n) is 12.4. The molecule has 21 heavy (non-hydrogen) atoms. The average molecular weight is 288 g/mol. The predicted octanol–water partition coefficient (Wildman–Crippen LogP) is 2.54. The lowest BCUT2D eigenvalue weighted by atomic mass is 10.0. The summed E-state index contributed by atoms with van der Waals surface area (Å²) in [6.07, 6.45) is 6.56. The minimum atomic E-state index is 0.189. The quantitative estimate of drug-likeness (QED) is 0.571. The molecule has 1 amide bonds. The minimum absolute atomic E-state index is 0.189. The second kappa shape index (κ2) is 8.60. The molecule has 1 aliphatic rings. The molecule has 0 fully saturated rings. The molecule has 0 atom stereocenters. The number of nitrogens with one attached hydrogen (secondary N) is 1. The number of hydrogen-bond acceptors (Lipinski definition) is 3. The van der Waals surface area contributed by atoms with E-state index < -0.39 is 0 Å². The van der Waals surface area contributed by atoms with Gasteiger partial charge in [-0.1, -0.05) is 36.4 Å².